The van der Waals surface area contributed by atoms with Crippen LogP contribution >= 0.6 is 0 Å². The molecule has 0 aromatic carbocycles. The first-order valence-corrected chi connectivity index (χ1v) is 3.60. The van der Waals surface area contributed by atoms with Crippen molar-refractivity contribution in [2.75, 3.05) is 6.61 Å². The van der Waals surface area contributed by atoms with E-state index >= 15 is 0 Å². The fourth-order valence-electron chi connectivity index (χ4n) is 1.31. The third-order valence-electron chi connectivity index (χ3n) is 2.03. The van der Waals surface area contributed by atoms with Gasteiger partial charge in [-0.3, -0.25) is 0 Å². The van der Waals surface area contributed by atoms with Gasteiger partial charge < -0.3 is 19.7 Å². The average Bonchev–Trinajstić information content (AvgIpc) is 2.28. The Kier molecular flexibility index (Phi) is 2.65. The van der Waals surface area contributed by atoms with E-state index in [1.807, 2.05) is 0 Å². The third kappa shape index (κ3) is 1.45. The van der Waals surface area contributed by atoms with Crippen molar-refractivity contribution < 1.29 is 19.7 Å². The summed E-state index contributed by atoms with van der Waals surface area (Å²) in [6.45, 7) is -0.217. The summed E-state index contributed by atoms with van der Waals surface area (Å²) in [5.74, 6) is -0.574. The highest BCUT2D eigenvalue weighted by molar-refractivity contribution is 6.11. The SMILES string of the molecule is B[C@@H]1O[C@H](CO)C(C=O)C1O. The summed E-state index contributed by atoms with van der Waals surface area (Å²) in [5, 5.41) is 18.0. The van der Waals surface area contributed by atoms with E-state index in [-0.39, 0.29) is 12.6 Å². The van der Waals surface area contributed by atoms with E-state index in [1.165, 1.54) is 0 Å². The minimum Gasteiger partial charge on any atom is -0.394 e. The second kappa shape index (κ2) is 3.34. The summed E-state index contributed by atoms with van der Waals surface area (Å²) in [4.78, 5) is 10.4. The van der Waals surface area contributed by atoms with Crippen molar-refractivity contribution in [2.24, 2.45) is 5.92 Å². The predicted octanol–water partition coefficient (Wildman–Crippen LogP) is -2.49. The van der Waals surface area contributed by atoms with Crippen molar-refractivity contribution in [3.05, 3.63) is 0 Å². The molecule has 4 atom stereocenters. The highest BCUT2D eigenvalue weighted by atomic mass is 16.5. The van der Waals surface area contributed by atoms with Crippen molar-refractivity contribution >= 4 is 14.1 Å². The second-order valence-corrected chi connectivity index (χ2v) is 2.77. The molecule has 1 saturated heterocycles. The summed E-state index contributed by atoms with van der Waals surface area (Å²) in [6.07, 6.45) is -0.670. The summed E-state index contributed by atoms with van der Waals surface area (Å²) in [7, 11) is 1.68. The summed E-state index contributed by atoms with van der Waals surface area (Å²) >= 11 is 0. The van der Waals surface area contributed by atoms with Crippen LogP contribution in [0.25, 0.3) is 0 Å². The van der Waals surface area contributed by atoms with Crippen LogP contribution in [0.1, 0.15) is 0 Å². The lowest BCUT2D eigenvalue weighted by molar-refractivity contribution is -0.115. The second-order valence-electron chi connectivity index (χ2n) is 2.77. The Morgan fingerprint density at radius 2 is 2.27 bits per heavy atom. The lowest BCUT2D eigenvalue weighted by atomic mass is 9.89. The molecule has 0 saturated carbocycles. The van der Waals surface area contributed by atoms with E-state index in [0.29, 0.717) is 6.29 Å². The van der Waals surface area contributed by atoms with Gasteiger partial charge in [-0.05, 0) is 0 Å². The van der Waals surface area contributed by atoms with Gasteiger partial charge in [0.05, 0.1) is 30.7 Å². The highest BCUT2D eigenvalue weighted by Crippen LogP contribution is 2.23. The maximum Gasteiger partial charge on any atom is 0.142 e. The molecule has 0 amide bonds. The van der Waals surface area contributed by atoms with Crippen LogP contribution in [0.3, 0.4) is 0 Å². The molecule has 62 valence electrons. The van der Waals surface area contributed by atoms with Gasteiger partial charge in [0.15, 0.2) is 0 Å². The van der Waals surface area contributed by atoms with Crippen LogP contribution in [-0.2, 0) is 9.53 Å². The topological polar surface area (TPSA) is 66.8 Å². The first-order valence-electron chi connectivity index (χ1n) is 3.60. The number of hydrogen-bond acceptors (Lipinski definition) is 4. The Labute approximate surface area is 65.6 Å². The largest absolute Gasteiger partial charge is 0.394 e. The average molecular weight is 158 g/mol. The van der Waals surface area contributed by atoms with Gasteiger partial charge in [0.1, 0.15) is 14.1 Å². The molecule has 2 N–H and O–H groups in total. The van der Waals surface area contributed by atoms with Gasteiger partial charge in [0.25, 0.3) is 0 Å². The van der Waals surface area contributed by atoms with Gasteiger partial charge in [0, 0.05) is 0 Å². The van der Waals surface area contributed by atoms with Crippen LogP contribution in [0.2, 0.25) is 0 Å². The fourth-order valence-corrected chi connectivity index (χ4v) is 1.31. The molecule has 1 aliphatic heterocycles. The van der Waals surface area contributed by atoms with Gasteiger partial charge in [-0.25, -0.2) is 0 Å². The number of hydrogen-bond donors (Lipinski definition) is 2. The molecule has 1 fully saturated rings. The normalized spacial score (nSPS) is 44.2. The molecule has 2 unspecified atom stereocenters. The van der Waals surface area contributed by atoms with Crippen molar-refractivity contribution in [3.8, 4) is 0 Å². The van der Waals surface area contributed by atoms with Crippen molar-refractivity contribution in [1.82, 2.24) is 0 Å². The summed E-state index contributed by atoms with van der Waals surface area (Å²) in [5.41, 5.74) is 0. The molecular formula is C6H11BO4. The van der Waals surface area contributed by atoms with E-state index in [2.05, 4.69) is 0 Å². The number of ether oxygens (including phenoxy) is 1. The number of carbonyl (C=O) groups excluding carboxylic acids is 1. The van der Waals surface area contributed by atoms with E-state index in [1.54, 1.807) is 7.85 Å². The Morgan fingerprint density at radius 1 is 1.64 bits per heavy atom. The zero-order chi connectivity index (χ0) is 8.43. The molecule has 0 radical (unpaired) electrons. The van der Waals surface area contributed by atoms with Gasteiger partial charge in [-0.15, -0.1) is 0 Å². The van der Waals surface area contributed by atoms with Crippen LogP contribution in [0, 0.1) is 5.92 Å². The molecule has 0 aromatic heterocycles. The minimum absolute atomic E-state index is 0.217. The smallest absolute Gasteiger partial charge is 0.142 e. The van der Waals surface area contributed by atoms with Crippen molar-refractivity contribution in [1.29, 1.82) is 0 Å². The lowest BCUT2D eigenvalue weighted by Crippen LogP contribution is -2.29. The maximum absolute atomic E-state index is 10.4. The maximum atomic E-state index is 10.4. The third-order valence-corrected chi connectivity index (χ3v) is 2.03. The summed E-state index contributed by atoms with van der Waals surface area (Å²) < 4.78 is 5.09. The number of aldehydes is 1. The molecule has 1 heterocycles. The van der Waals surface area contributed by atoms with E-state index < -0.39 is 18.1 Å². The Bertz CT molecular complexity index is 152. The van der Waals surface area contributed by atoms with Crippen molar-refractivity contribution in [2.45, 2.75) is 18.2 Å². The van der Waals surface area contributed by atoms with E-state index in [0.717, 1.165) is 0 Å². The molecule has 0 spiro atoms. The molecule has 1 rings (SSSR count). The molecule has 4 nitrogen and oxygen atoms in total. The number of aliphatic hydroxyl groups is 2. The fraction of sp³-hybridized carbons (Fsp3) is 0.833. The lowest BCUT2D eigenvalue weighted by Gasteiger charge is -2.10. The minimum atomic E-state index is -0.773. The monoisotopic (exact) mass is 158 g/mol. The number of rotatable bonds is 2. The molecule has 0 aromatic rings. The number of carbonyl (C=O) groups is 1. The Hall–Kier alpha value is -0.385. The van der Waals surface area contributed by atoms with E-state index in [9.17, 15) is 9.90 Å². The number of aliphatic hydroxyl groups excluding tert-OH is 2. The zero-order valence-corrected chi connectivity index (χ0v) is 6.30. The molecule has 0 aliphatic carbocycles. The summed E-state index contributed by atoms with van der Waals surface area (Å²) in [6, 6.07) is -0.359. The van der Waals surface area contributed by atoms with Gasteiger partial charge in [-0.2, -0.15) is 0 Å². The predicted molar refractivity (Wildman–Crippen MR) is 39.9 cm³/mol. The van der Waals surface area contributed by atoms with Crippen LogP contribution in [0.15, 0.2) is 0 Å². The van der Waals surface area contributed by atoms with E-state index in [4.69, 9.17) is 9.84 Å². The van der Waals surface area contributed by atoms with Crippen molar-refractivity contribution in [3.63, 3.8) is 0 Å². The standard InChI is InChI=1S/C6H11BO4/c7-6-5(10)3(1-8)4(2-9)11-6/h1,3-6,9-10H,2,7H2/t3?,4-,5?,6-/m1/s1. The molecule has 1 aliphatic rings. The van der Waals surface area contributed by atoms with Gasteiger partial charge >= 0.3 is 0 Å². The first kappa shape index (κ1) is 8.71. The van der Waals surface area contributed by atoms with Crippen LogP contribution in [-0.4, -0.2) is 49.2 Å². The highest BCUT2D eigenvalue weighted by Gasteiger charge is 2.40. The van der Waals surface area contributed by atoms with Crippen LogP contribution < -0.4 is 0 Å². The quantitative estimate of drug-likeness (QED) is 0.344. The zero-order valence-electron chi connectivity index (χ0n) is 6.30. The Balaban J connectivity index is 2.64. The van der Waals surface area contributed by atoms with Crippen LogP contribution in [0.5, 0.6) is 0 Å². The molecular weight excluding hydrogens is 147 g/mol. The van der Waals surface area contributed by atoms with Gasteiger partial charge in [-0.1, -0.05) is 0 Å². The Morgan fingerprint density at radius 3 is 2.64 bits per heavy atom. The molecule has 11 heavy (non-hydrogen) atoms. The first-order chi connectivity index (χ1) is 5.20. The molecule has 0 bridgehead atoms. The molecule has 5 heteroatoms. The van der Waals surface area contributed by atoms with Crippen LogP contribution in [0.4, 0.5) is 0 Å². The van der Waals surface area contributed by atoms with Gasteiger partial charge in [0.2, 0.25) is 0 Å².